The third-order valence-electron chi connectivity index (χ3n) is 2.12. The first kappa shape index (κ1) is 9.40. The highest BCUT2D eigenvalue weighted by atomic mass is 79.9. The van der Waals surface area contributed by atoms with Crippen molar-refractivity contribution >= 4 is 15.9 Å². The molecular weight excluding hydrogens is 242 g/mol. The Kier molecular flexibility index (Phi) is 2.37. The van der Waals surface area contributed by atoms with Crippen molar-refractivity contribution in [1.82, 2.24) is 14.5 Å². The molecule has 2 rings (SSSR count). The van der Waals surface area contributed by atoms with Crippen molar-refractivity contribution in [3.05, 3.63) is 40.5 Å². The molecule has 0 unspecified atom stereocenters. The van der Waals surface area contributed by atoms with Gasteiger partial charge in [0.1, 0.15) is 4.60 Å². The lowest BCUT2D eigenvalue weighted by Gasteiger charge is -2.08. The standard InChI is InChI=1S/C10H10BrN3/c1-7-3-4-8(2)14(7)10-9(11)12-5-6-13-10/h3-6H,1-2H3. The van der Waals surface area contributed by atoms with Crippen molar-refractivity contribution in [3.63, 3.8) is 0 Å². The largest absolute Gasteiger partial charge is 0.301 e. The first-order valence-corrected chi connectivity index (χ1v) is 5.11. The van der Waals surface area contributed by atoms with E-state index in [1.807, 2.05) is 13.8 Å². The quantitative estimate of drug-likeness (QED) is 0.781. The summed E-state index contributed by atoms with van der Waals surface area (Å²) in [6.07, 6.45) is 3.36. The summed E-state index contributed by atoms with van der Waals surface area (Å²) in [5, 5.41) is 0. The first-order chi connectivity index (χ1) is 6.70. The Bertz CT molecular complexity index is 443. The summed E-state index contributed by atoms with van der Waals surface area (Å²) in [5.74, 6) is 0.840. The molecule has 3 nitrogen and oxygen atoms in total. The molecule has 72 valence electrons. The molecule has 0 bridgehead atoms. The summed E-state index contributed by atoms with van der Waals surface area (Å²) in [6, 6.07) is 4.13. The molecule has 0 radical (unpaired) electrons. The second-order valence-electron chi connectivity index (χ2n) is 3.12. The van der Waals surface area contributed by atoms with Crippen molar-refractivity contribution in [2.75, 3.05) is 0 Å². The van der Waals surface area contributed by atoms with Gasteiger partial charge in [0.05, 0.1) is 0 Å². The monoisotopic (exact) mass is 251 g/mol. The van der Waals surface area contributed by atoms with Gasteiger partial charge in [0.2, 0.25) is 0 Å². The maximum Gasteiger partial charge on any atom is 0.170 e. The van der Waals surface area contributed by atoms with E-state index in [1.54, 1.807) is 12.4 Å². The van der Waals surface area contributed by atoms with E-state index in [1.165, 1.54) is 0 Å². The molecule has 4 heteroatoms. The lowest BCUT2D eigenvalue weighted by atomic mass is 10.5. The molecule has 0 saturated carbocycles. The highest BCUT2D eigenvalue weighted by molar-refractivity contribution is 9.10. The summed E-state index contributed by atoms with van der Waals surface area (Å²) >= 11 is 3.39. The van der Waals surface area contributed by atoms with E-state index in [0.717, 1.165) is 21.8 Å². The normalized spacial score (nSPS) is 10.5. The zero-order valence-corrected chi connectivity index (χ0v) is 9.62. The van der Waals surface area contributed by atoms with Gasteiger partial charge in [-0.25, -0.2) is 9.97 Å². The van der Waals surface area contributed by atoms with Gasteiger partial charge in [-0.2, -0.15) is 0 Å². The van der Waals surface area contributed by atoms with Gasteiger partial charge in [-0.1, -0.05) is 0 Å². The van der Waals surface area contributed by atoms with Gasteiger partial charge in [-0.05, 0) is 41.9 Å². The molecule has 0 N–H and O–H groups in total. The predicted octanol–water partition coefficient (Wildman–Crippen LogP) is 2.65. The fraction of sp³-hybridized carbons (Fsp3) is 0.200. The lowest BCUT2D eigenvalue weighted by Crippen LogP contribution is -2.03. The van der Waals surface area contributed by atoms with E-state index >= 15 is 0 Å². The van der Waals surface area contributed by atoms with Crippen LogP contribution >= 0.6 is 15.9 Å². The van der Waals surface area contributed by atoms with Crippen LogP contribution in [-0.2, 0) is 0 Å². The average molecular weight is 252 g/mol. The van der Waals surface area contributed by atoms with E-state index < -0.39 is 0 Å². The summed E-state index contributed by atoms with van der Waals surface area (Å²) in [4.78, 5) is 8.45. The topological polar surface area (TPSA) is 30.7 Å². The number of hydrogen-bond donors (Lipinski definition) is 0. The van der Waals surface area contributed by atoms with E-state index in [2.05, 4.69) is 42.6 Å². The van der Waals surface area contributed by atoms with Crippen molar-refractivity contribution < 1.29 is 0 Å². The maximum atomic E-state index is 4.30. The maximum absolute atomic E-state index is 4.30. The van der Waals surface area contributed by atoms with Crippen LogP contribution in [0, 0.1) is 13.8 Å². The smallest absolute Gasteiger partial charge is 0.170 e. The Balaban J connectivity index is 2.66. The van der Waals surface area contributed by atoms with E-state index in [9.17, 15) is 0 Å². The summed E-state index contributed by atoms with van der Waals surface area (Å²) in [6.45, 7) is 4.10. The molecule has 2 aromatic heterocycles. The number of hydrogen-bond acceptors (Lipinski definition) is 2. The van der Waals surface area contributed by atoms with Crippen LogP contribution < -0.4 is 0 Å². The molecule has 2 heterocycles. The first-order valence-electron chi connectivity index (χ1n) is 4.32. The van der Waals surface area contributed by atoms with Crippen molar-refractivity contribution in [2.24, 2.45) is 0 Å². The average Bonchev–Trinajstić information content (AvgIpc) is 2.48. The van der Waals surface area contributed by atoms with Crippen LogP contribution in [-0.4, -0.2) is 14.5 Å². The van der Waals surface area contributed by atoms with Gasteiger partial charge in [0.25, 0.3) is 0 Å². The molecule has 0 aliphatic carbocycles. The fourth-order valence-corrected chi connectivity index (χ4v) is 1.86. The minimum absolute atomic E-state index is 0.766. The molecule has 14 heavy (non-hydrogen) atoms. The van der Waals surface area contributed by atoms with Crippen molar-refractivity contribution in [3.8, 4) is 5.82 Å². The third kappa shape index (κ3) is 1.46. The van der Waals surface area contributed by atoms with Gasteiger partial charge in [-0.3, -0.25) is 0 Å². The molecular formula is C10H10BrN3. The third-order valence-corrected chi connectivity index (χ3v) is 2.68. The van der Waals surface area contributed by atoms with Gasteiger partial charge in [-0.15, -0.1) is 0 Å². The lowest BCUT2D eigenvalue weighted by molar-refractivity contribution is 0.897. The molecule has 2 aromatic rings. The zero-order chi connectivity index (χ0) is 10.1. The van der Waals surface area contributed by atoms with Crippen LogP contribution in [0.25, 0.3) is 5.82 Å². The van der Waals surface area contributed by atoms with Gasteiger partial charge in [0, 0.05) is 23.8 Å². The van der Waals surface area contributed by atoms with E-state index in [4.69, 9.17) is 0 Å². The second-order valence-corrected chi connectivity index (χ2v) is 3.87. The fourth-order valence-electron chi connectivity index (χ4n) is 1.47. The highest BCUT2D eigenvalue weighted by Crippen LogP contribution is 2.19. The Morgan fingerprint density at radius 2 is 1.64 bits per heavy atom. The van der Waals surface area contributed by atoms with E-state index in [-0.39, 0.29) is 0 Å². The molecule has 0 spiro atoms. The van der Waals surface area contributed by atoms with Gasteiger partial charge in [0.15, 0.2) is 5.82 Å². The van der Waals surface area contributed by atoms with Gasteiger partial charge >= 0.3 is 0 Å². The predicted molar refractivity (Wildman–Crippen MR) is 58.5 cm³/mol. The highest BCUT2D eigenvalue weighted by Gasteiger charge is 2.08. The van der Waals surface area contributed by atoms with Crippen LogP contribution in [0.4, 0.5) is 0 Å². The Morgan fingerprint density at radius 3 is 2.21 bits per heavy atom. The van der Waals surface area contributed by atoms with Crippen LogP contribution in [0.3, 0.4) is 0 Å². The molecule has 0 saturated heterocycles. The molecule has 0 aromatic carbocycles. The number of halogens is 1. The van der Waals surface area contributed by atoms with Crippen LogP contribution in [0.15, 0.2) is 29.1 Å². The molecule has 0 amide bonds. The molecule has 0 aliphatic rings. The Morgan fingerprint density at radius 1 is 1.07 bits per heavy atom. The SMILES string of the molecule is Cc1ccc(C)n1-c1nccnc1Br. The van der Waals surface area contributed by atoms with Gasteiger partial charge < -0.3 is 4.57 Å². The zero-order valence-electron chi connectivity index (χ0n) is 8.03. The van der Waals surface area contributed by atoms with Crippen LogP contribution in [0.1, 0.15) is 11.4 Å². The minimum Gasteiger partial charge on any atom is -0.301 e. The van der Waals surface area contributed by atoms with Crippen LogP contribution in [0.2, 0.25) is 0 Å². The summed E-state index contributed by atoms with van der Waals surface area (Å²) in [7, 11) is 0. The number of aromatic nitrogens is 3. The second kappa shape index (κ2) is 3.53. The van der Waals surface area contributed by atoms with Crippen molar-refractivity contribution in [1.29, 1.82) is 0 Å². The van der Waals surface area contributed by atoms with E-state index in [0.29, 0.717) is 0 Å². The summed E-state index contributed by atoms with van der Waals surface area (Å²) < 4.78 is 2.83. The molecule has 0 aliphatic heterocycles. The molecule has 0 fully saturated rings. The summed E-state index contributed by atoms with van der Waals surface area (Å²) in [5.41, 5.74) is 2.31. The number of rotatable bonds is 1. The van der Waals surface area contributed by atoms with Crippen molar-refractivity contribution in [2.45, 2.75) is 13.8 Å². The van der Waals surface area contributed by atoms with Crippen LogP contribution in [0.5, 0.6) is 0 Å². The Hall–Kier alpha value is -1.16. The number of nitrogens with zero attached hydrogens (tertiary/aromatic N) is 3. The number of aryl methyl sites for hydroxylation is 2. The Labute approximate surface area is 90.9 Å². The molecule has 0 atom stereocenters. The minimum atomic E-state index is 0.766.